The van der Waals surface area contributed by atoms with Crippen LogP contribution < -0.4 is 9.80 Å². The van der Waals surface area contributed by atoms with Crippen molar-refractivity contribution in [3.63, 3.8) is 0 Å². The van der Waals surface area contributed by atoms with Gasteiger partial charge in [-0.05, 0) is 147 Å². The molecule has 0 fully saturated rings. The average molecular weight is 831 g/mol. The van der Waals surface area contributed by atoms with E-state index in [4.69, 9.17) is 0 Å². The lowest BCUT2D eigenvalue weighted by molar-refractivity contribution is 0.591. The fourth-order valence-electron chi connectivity index (χ4n) is 10.1. The first-order valence-electron chi connectivity index (χ1n) is 23.2. The quantitative estimate of drug-likeness (QED) is 0.135. The van der Waals surface area contributed by atoms with Crippen molar-refractivity contribution in [1.82, 2.24) is 0 Å². The molecule has 0 spiro atoms. The van der Waals surface area contributed by atoms with E-state index in [1.807, 2.05) is 0 Å². The van der Waals surface area contributed by atoms with E-state index in [2.05, 4.69) is 246 Å². The number of benzene rings is 8. The Morgan fingerprint density at radius 1 is 0.531 bits per heavy atom. The molecule has 0 N–H and O–H groups in total. The van der Waals surface area contributed by atoms with Gasteiger partial charge in [0.1, 0.15) is 0 Å². The third-order valence-electron chi connectivity index (χ3n) is 13.7. The second-order valence-corrected chi connectivity index (χ2v) is 18.9. The lowest BCUT2D eigenvalue weighted by Gasteiger charge is -2.44. The van der Waals surface area contributed by atoms with Crippen molar-refractivity contribution in [3.8, 4) is 22.3 Å². The fraction of sp³-hybridized carbons (Fsp3) is 0.194. The zero-order chi connectivity index (χ0) is 44.1. The Bertz CT molecular complexity index is 3090. The van der Waals surface area contributed by atoms with Crippen LogP contribution in [-0.4, -0.2) is 6.04 Å². The summed E-state index contributed by atoms with van der Waals surface area (Å²) in [6.07, 6.45) is 9.47. The molecule has 8 aromatic rings. The summed E-state index contributed by atoms with van der Waals surface area (Å²) >= 11 is 0. The third kappa shape index (κ3) is 7.45. The highest BCUT2D eigenvalue weighted by Gasteiger charge is 2.39. The van der Waals surface area contributed by atoms with Crippen LogP contribution in [0.3, 0.4) is 0 Å². The van der Waals surface area contributed by atoms with Crippen molar-refractivity contribution in [2.45, 2.75) is 78.7 Å². The van der Waals surface area contributed by atoms with Gasteiger partial charge < -0.3 is 9.80 Å². The van der Waals surface area contributed by atoms with Crippen LogP contribution in [0.4, 0.5) is 22.7 Å². The van der Waals surface area contributed by atoms with E-state index >= 15 is 0 Å². The van der Waals surface area contributed by atoms with Crippen molar-refractivity contribution in [2.75, 3.05) is 9.80 Å². The summed E-state index contributed by atoms with van der Waals surface area (Å²) in [4.78, 5) is 5.25. The largest absolute Gasteiger partial charge is 0.333 e. The summed E-state index contributed by atoms with van der Waals surface area (Å²) in [6.45, 7) is 16.0. The minimum absolute atomic E-state index is 0.0175. The first-order valence-corrected chi connectivity index (χ1v) is 23.2. The summed E-state index contributed by atoms with van der Waals surface area (Å²) < 4.78 is 0. The second kappa shape index (κ2) is 16.7. The van der Waals surface area contributed by atoms with Gasteiger partial charge in [-0.2, -0.15) is 0 Å². The standard InChI is InChI=1S/C62H58N2/c1-8-43-18-16-24-52(34-43)63(56-38-47(28-26-41(56)3)45-20-12-10-13-21-45)58-40-59(55-33-31-50-37-51(62(5,6)7)36-49-30-32-54(58)61(55)60(49)50)64(53-25-17-19-44(9-2)35-53)57-39-48(29-27-42(57)4)46-22-14-11-15-23-46/h10-40,54,58H,8-9H2,1-7H3. The zero-order valence-electron chi connectivity index (χ0n) is 38.4. The molecule has 2 nitrogen and oxygen atoms in total. The molecular weight excluding hydrogens is 773 g/mol. The molecule has 0 saturated heterocycles. The number of rotatable bonds is 10. The topological polar surface area (TPSA) is 6.48 Å². The van der Waals surface area contributed by atoms with E-state index in [1.165, 1.54) is 106 Å². The zero-order valence-corrected chi connectivity index (χ0v) is 38.4. The summed E-state index contributed by atoms with van der Waals surface area (Å²) in [5.74, 6) is 0.0704. The van der Waals surface area contributed by atoms with Crippen LogP contribution in [0.15, 0.2) is 182 Å². The van der Waals surface area contributed by atoms with Crippen LogP contribution in [0.2, 0.25) is 0 Å². The smallest absolute Gasteiger partial charge is 0.0649 e. The number of hydrogen-bond donors (Lipinski definition) is 0. The molecule has 8 aromatic carbocycles. The van der Waals surface area contributed by atoms with Gasteiger partial charge in [-0.15, -0.1) is 0 Å². The molecule has 0 aromatic heterocycles. The third-order valence-corrected chi connectivity index (χ3v) is 13.7. The molecule has 0 saturated carbocycles. The lowest BCUT2D eigenvalue weighted by Crippen LogP contribution is -2.39. The monoisotopic (exact) mass is 830 g/mol. The Hall–Kier alpha value is -6.90. The first kappa shape index (κ1) is 41.1. The van der Waals surface area contributed by atoms with Crippen molar-refractivity contribution in [1.29, 1.82) is 0 Å². The van der Waals surface area contributed by atoms with Gasteiger partial charge in [-0.25, -0.2) is 0 Å². The SMILES string of the molecule is CCc1cccc(N(C2=CC(N(c3cccc(CC)c3)c3cc(-c4ccccc4)ccc3C)C3C=Cc4cc(C(C)(C)C)cc5ccc2c3c45)c2cc(-c3ccccc3)ccc2C)c1. The molecule has 2 aliphatic carbocycles. The summed E-state index contributed by atoms with van der Waals surface area (Å²) in [5, 5.41) is 2.67. The van der Waals surface area contributed by atoms with E-state index in [-0.39, 0.29) is 17.4 Å². The number of anilines is 4. The first-order chi connectivity index (χ1) is 31.1. The Morgan fingerprint density at radius 3 is 1.75 bits per heavy atom. The highest BCUT2D eigenvalue weighted by Crippen LogP contribution is 2.52. The predicted molar refractivity (Wildman–Crippen MR) is 275 cm³/mol. The second-order valence-electron chi connectivity index (χ2n) is 18.9. The van der Waals surface area contributed by atoms with E-state index < -0.39 is 0 Å². The van der Waals surface area contributed by atoms with Gasteiger partial charge in [0.05, 0.1) is 11.7 Å². The maximum Gasteiger partial charge on any atom is 0.0649 e. The molecule has 2 heteroatoms. The molecule has 0 amide bonds. The van der Waals surface area contributed by atoms with Gasteiger partial charge in [0.25, 0.3) is 0 Å². The van der Waals surface area contributed by atoms with Gasteiger partial charge in [0.15, 0.2) is 0 Å². The Labute approximate surface area is 380 Å². The van der Waals surface area contributed by atoms with Crippen molar-refractivity contribution in [2.24, 2.45) is 0 Å². The molecule has 0 radical (unpaired) electrons. The van der Waals surface area contributed by atoms with E-state index in [1.54, 1.807) is 0 Å². The van der Waals surface area contributed by atoms with Crippen molar-refractivity contribution < 1.29 is 0 Å². The molecule has 316 valence electrons. The highest BCUT2D eigenvalue weighted by atomic mass is 15.2. The fourth-order valence-corrected chi connectivity index (χ4v) is 10.1. The summed E-state index contributed by atoms with van der Waals surface area (Å²) in [6, 6.07) is 63.8. The van der Waals surface area contributed by atoms with Crippen molar-refractivity contribution in [3.05, 3.63) is 227 Å². The minimum atomic E-state index is -0.0777. The van der Waals surface area contributed by atoms with Crippen LogP contribution in [-0.2, 0) is 18.3 Å². The Kier molecular flexibility index (Phi) is 10.7. The van der Waals surface area contributed by atoms with Gasteiger partial charge in [0, 0.05) is 34.2 Å². The molecule has 10 rings (SSSR count). The molecule has 2 aliphatic rings. The Morgan fingerprint density at radius 2 is 1.12 bits per heavy atom. The maximum absolute atomic E-state index is 2.67. The van der Waals surface area contributed by atoms with E-state index in [9.17, 15) is 0 Å². The van der Waals surface area contributed by atoms with Crippen LogP contribution in [0.1, 0.15) is 85.0 Å². The van der Waals surface area contributed by atoms with Gasteiger partial charge in [-0.1, -0.05) is 180 Å². The lowest BCUT2D eigenvalue weighted by atomic mass is 9.73. The minimum Gasteiger partial charge on any atom is -0.333 e. The number of hydrogen-bond acceptors (Lipinski definition) is 2. The molecule has 2 unspecified atom stereocenters. The van der Waals surface area contributed by atoms with Crippen LogP contribution in [0.25, 0.3) is 44.8 Å². The van der Waals surface area contributed by atoms with Crippen LogP contribution >= 0.6 is 0 Å². The predicted octanol–water partition coefficient (Wildman–Crippen LogP) is 16.7. The van der Waals surface area contributed by atoms with Gasteiger partial charge in [-0.3, -0.25) is 0 Å². The number of nitrogens with zero attached hydrogens (tertiary/aromatic N) is 2. The summed E-state index contributed by atoms with van der Waals surface area (Å²) in [5.41, 5.74) is 21.3. The highest BCUT2D eigenvalue weighted by molar-refractivity contribution is 6.04. The van der Waals surface area contributed by atoms with Crippen molar-refractivity contribution >= 4 is 45.3 Å². The molecule has 0 heterocycles. The van der Waals surface area contributed by atoms with E-state index in [0.29, 0.717) is 0 Å². The van der Waals surface area contributed by atoms with Crippen LogP contribution in [0, 0.1) is 13.8 Å². The number of aryl methyl sites for hydroxylation is 4. The molecule has 0 bridgehead atoms. The normalized spacial score (nSPS) is 15.3. The Balaban J connectivity index is 1.30. The average Bonchev–Trinajstić information content (AvgIpc) is 3.32. The summed E-state index contributed by atoms with van der Waals surface area (Å²) in [7, 11) is 0. The molecular formula is C62H58N2. The van der Waals surface area contributed by atoms with E-state index in [0.717, 1.165) is 12.8 Å². The maximum atomic E-state index is 2.67. The molecule has 2 atom stereocenters. The molecule has 0 aliphatic heterocycles. The van der Waals surface area contributed by atoms with Gasteiger partial charge >= 0.3 is 0 Å². The van der Waals surface area contributed by atoms with Crippen LogP contribution in [0.5, 0.6) is 0 Å². The molecule has 64 heavy (non-hydrogen) atoms. The van der Waals surface area contributed by atoms with Gasteiger partial charge in [0.2, 0.25) is 0 Å².